The first-order chi connectivity index (χ1) is 32.0. The third-order valence-electron chi connectivity index (χ3n) is 15.9. The van der Waals surface area contributed by atoms with Crippen LogP contribution >= 0.6 is 11.9 Å². The van der Waals surface area contributed by atoms with Gasteiger partial charge in [0.05, 0.1) is 5.69 Å². The van der Waals surface area contributed by atoms with E-state index in [2.05, 4.69) is 169 Å². The Kier molecular flexibility index (Phi) is 9.59. The molecule has 2 fully saturated rings. The molecule has 317 valence electrons. The number of fused-ring (bicyclic) bond motifs is 8. The van der Waals surface area contributed by atoms with Gasteiger partial charge in [-0.1, -0.05) is 133 Å². The molecular formula is C57H53B3N3OS. The van der Waals surface area contributed by atoms with Crippen LogP contribution in [0.2, 0.25) is 0 Å². The van der Waals surface area contributed by atoms with Crippen molar-refractivity contribution in [1.82, 2.24) is 0 Å². The Balaban J connectivity index is 1.04. The molecule has 0 spiro atoms. The highest BCUT2D eigenvalue weighted by Crippen LogP contribution is 2.47. The summed E-state index contributed by atoms with van der Waals surface area (Å²) >= 11 is 1.82. The van der Waals surface area contributed by atoms with Crippen LogP contribution in [0.4, 0.5) is 39.8 Å². The quantitative estimate of drug-likeness (QED) is 0.133. The van der Waals surface area contributed by atoms with Gasteiger partial charge in [0.2, 0.25) is 0 Å². The minimum atomic E-state index is 0.00618. The molecule has 0 saturated heterocycles. The van der Waals surface area contributed by atoms with Crippen LogP contribution in [0, 0.1) is 13.8 Å². The van der Waals surface area contributed by atoms with Gasteiger partial charge in [0.25, 0.3) is 13.4 Å². The normalized spacial score (nSPS) is 16.9. The van der Waals surface area contributed by atoms with Gasteiger partial charge in [-0.2, -0.15) is 0 Å². The zero-order valence-electron chi connectivity index (χ0n) is 37.8. The molecule has 2 saturated carbocycles. The van der Waals surface area contributed by atoms with Crippen LogP contribution in [0.25, 0.3) is 0 Å². The van der Waals surface area contributed by atoms with Gasteiger partial charge in [0, 0.05) is 40.4 Å². The lowest BCUT2D eigenvalue weighted by atomic mass is 9.30. The van der Waals surface area contributed by atoms with Gasteiger partial charge in [-0.3, -0.25) is 4.31 Å². The van der Waals surface area contributed by atoms with Crippen molar-refractivity contribution >= 4 is 116 Å². The number of rotatable bonds is 6. The number of aryl methyl sites for hydroxylation is 2. The number of hydrogen-bond acceptors (Lipinski definition) is 5. The summed E-state index contributed by atoms with van der Waals surface area (Å²) in [4.78, 5) is 2.55. The van der Waals surface area contributed by atoms with E-state index < -0.39 is 0 Å². The predicted molar refractivity (Wildman–Crippen MR) is 281 cm³/mol. The maximum absolute atomic E-state index is 7.19. The molecular weight excluding hydrogens is 807 g/mol. The van der Waals surface area contributed by atoms with Crippen molar-refractivity contribution in [2.45, 2.75) is 89.9 Å². The number of benzene rings is 7. The number of ether oxygens (including phenoxy) is 1. The Hall–Kier alpha value is -5.72. The predicted octanol–water partition coefficient (Wildman–Crippen LogP) is 9.76. The fraction of sp³-hybridized carbons (Fsp3) is 0.263. The van der Waals surface area contributed by atoms with E-state index in [1.165, 1.54) is 170 Å². The van der Waals surface area contributed by atoms with Crippen LogP contribution in [0.5, 0.6) is 11.5 Å². The maximum Gasteiger partial charge on any atom is 0.256 e. The molecule has 0 unspecified atom stereocenters. The molecule has 1 radical (unpaired) electrons. The third kappa shape index (κ3) is 6.37. The molecule has 0 amide bonds. The summed E-state index contributed by atoms with van der Waals surface area (Å²) in [6.45, 7) is 4.53. The van der Waals surface area contributed by atoms with Gasteiger partial charge in [-0.05, 0) is 162 Å². The molecule has 65 heavy (non-hydrogen) atoms. The highest BCUT2D eigenvalue weighted by molar-refractivity contribution is 8.00. The summed E-state index contributed by atoms with van der Waals surface area (Å²) in [6.07, 6.45) is 15.2. The van der Waals surface area contributed by atoms with E-state index >= 15 is 0 Å². The van der Waals surface area contributed by atoms with Crippen molar-refractivity contribution in [3.63, 3.8) is 0 Å². The monoisotopic (exact) mass is 860 g/mol. The Bertz CT molecular complexity index is 3050. The molecule has 4 nitrogen and oxygen atoms in total. The number of anilines is 7. The third-order valence-corrected chi connectivity index (χ3v) is 16.7. The molecule has 0 atom stereocenters. The molecule has 4 heterocycles. The summed E-state index contributed by atoms with van der Waals surface area (Å²) in [6, 6.07) is 49.0. The van der Waals surface area contributed by atoms with E-state index in [0.29, 0.717) is 11.8 Å². The second kappa shape index (κ2) is 15.7. The second-order valence-electron chi connectivity index (χ2n) is 19.7. The van der Waals surface area contributed by atoms with Gasteiger partial charge >= 0.3 is 0 Å². The smallest absolute Gasteiger partial charge is 0.256 e. The highest BCUT2D eigenvalue weighted by atomic mass is 32.2. The van der Waals surface area contributed by atoms with E-state index in [9.17, 15) is 0 Å². The average Bonchev–Trinajstić information content (AvgIpc) is 3.35. The summed E-state index contributed by atoms with van der Waals surface area (Å²) in [5, 5.41) is 4.18. The van der Waals surface area contributed by atoms with Crippen LogP contribution in [0.3, 0.4) is 0 Å². The zero-order chi connectivity index (χ0) is 43.3. The summed E-state index contributed by atoms with van der Waals surface area (Å²) in [5.41, 5.74) is 24.7. The van der Waals surface area contributed by atoms with Gasteiger partial charge in [-0.15, -0.1) is 0 Å². The van der Waals surface area contributed by atoms with Crippen LogP contribution < -0.4 is 63.0 Å². The van der Waals surface area contributed by atoms with Crippen molar-refractivity contribution in [2.75, 3.05) is 20.8 Å². The fourth-order valence-electron chi connectivity index (χ4n) is 12.7. The Morgan fingerprint density at radius 1 is 0.538 bits per heavy atom. The van der Waals surface area contributed by atoms with Gasteiger partial charge in [0.15, 0.2) is 7.28 Å². The molecule has 0 bridgehead atoms. The summed E-state index contributed by atoms with van der Waals surface area (Å²) in [5.74, 6) is 3.15. The van der Waals surface area contributed by atoms with Crippen LogP contribution in [0.15, 0.2) is 127 Å². The minimum Gasteiger partial charge on any atom is -0.458 e. The number of nitrogens with zero attached hydrogens (tertiary/aromatic N) is 2. The van der Waals surface area contributed by atoms with Crippen molar-refractivity contribution < 1.29 is 4.74 Å². The zero-order valence-corrected chi connectivity index (χ0v) is 38.6. The minimum absolute atomic E-state index is 0.00618. The van der Waals surface area contributed by atoms with E-state index in [1.54, 1.807) is 0 Å². The lowest BCUT2D eigenvalue weighted by Crippen LogP contribution is -2.64. The first kappa shape index (κ1) is 39.6. The Labute approximate surface area is 390 Å². The molecule has 7 aromatic rings. The van der Waals surface area contributed by atoms with E-state index in [-0.39, 0.29) is 13.4 Å². The Morgan fingerprint density at radius 3 is 2.00 bits per heavy atom. The number of para-hydroxylation sites is 2. The van der Waals surface area contributed by atoms with Crippen molar-refractivity contribution in [3.8, 4) is 11.5 Å². The first-order valence-corrected chi connectivity index (χ1v) is 25.5. The van der Waals surface area contributed by atoms with Gasteiger partial charge < -0.3 is 15.0 Å². The van der Waals surface area contributed by atoms with E-state index in [4.69, 9.17) is 4.74 Å². The SMILES string of the molecule is CSN1c2cc3c(cc2B2c4cc([B]c5ccccc5C)c(C)cc4Oc4cc(C5CCCCC5)cc1c42)B1c2ccccc2N(c2ccccc2)c2cc(C4CCCCC4)cc(c21)N3. The largest absolute Gasteiger partial charge is 0.458 e. The number of hydrogen-bond donors (Lipinski definition) is 1. The van der Waals surface area contributed by atoms with Crippen LogP contribution in [0.1, 0.15) is 98.3 Å². The van der Waals surface area contributed by atoms with Crippen LogP contribution in [-0.4, -0.2) is 27.0 Å². The molecule has 4 aliphatic heterocycles. The van der Waals surface area contributed by atoms with Gasteiger partial charge in [0.1, 0.15) is 11.5 Å². The molecule has 13 rings (SSSR count). The summed E-state index contributed by atoms with van der Waals surface area (Å²) in [7, 11) is 2.37. The summed E-state index contributed by atoms with van der Waals surface area (Å²) < 4.78 is 9.73. The van der Waals surface area contributed by atoms with Gasteiger partial charge in [-0.25, -0.2) is 0 Å². The molecule has 6 aliphatic rings. The lowest BCUT2D eigenvalue weighted by molar-refractivity contribution is 0.440. The fourth-order valence-corrected chi connectivity index (χ4v) is 13.4. The maximum atomic E-state index is 7.19. The van der Waals surface area contributed by atoms with E-state index in [0.717, 1.165) is 11.5 Å². The van der Waals surface area contributed by atoms with Crippen molar-refractivity contribution in [1.29, 1.82) is 0 Å². The first-order valence-electron chi connectivity index (χ1n) is 24.3. The van der Waals surface area contributed by atoms with E-state index in [1.807, 2.05) is 11.9 Å². The molecule has 8 heteroatoms. The standard InChI is InChI=1S/C57H53B3N3OS/c1-35-17-13-14-24-42(35)58-43-32-47-54(27-36(43)2)64-55-31-40(38-20-9-5-10-21-38)30-53-57(55)60(47)46-33-45-48(34-51(46)63(53)65-3)61-49-28-39(37-18-7-4-8-19-37)29-52-56(49)59(45)44-25-15-16-26-50(44)62(52)41-22-11-6-12-23-41/h6,11-17,22-34,37-38,61H,4-5,7-10,18-21H2,1-3H3. The highest BCUT2D eigenvalue weighted by Gasteiger charge is 2.46. The molecule has 2 aliphatic carbocycles. The Morgan fingerprint density at radius 2 is 1.23 bits per heavy atom. The molecule has 1 N–H and O–H groups in total. The number of nitrogens with one attached hydrogen (secondary N) is 1. The second-order valence-corrected chi connectivity index (χ2v) is 20.4. The van der Waals surface area contributed by atoms with Crippen molar-refractivity contribution in [3.05, 3.63) is 150 Å². The van der Waals surface area contributed by atoms with Crippen molar-refractivity contribution in [2.24, 2.45) is 0 Å². The topological polar surface area (TPSA) is 27.7 Å². The van der Waals surface area contributed by atoms with Crippen LogP contribution in [-0.2, 0) is 0 Å². The molecule has 0 aromatic heterocycles. The average molecular weight is 861 g/mol. The molecule has 7 aromatic carbocycles. The lowest BCUT2D eigenvalue weighted by Gasteiger charge is -2.43.